The van der Waals surface area contributed by atoms with Crippen molar-refractivity contribution in [2.24, 2.45) is 0 Å². The molecular weight excluding hydrogens is 420 g/mol. The van der Waals surface area contributed by atoms with Crippen LogP contribution in [0.15, 0.2) is 65.1 Å². The zero-order chi connectivity index (χ0) is 22.9. The number of oxazole rings is 1. The Balaban J connectivity index is 1.52. The average Bonchev–Trinajstić information content (AvgIpc) is 3.25. The third-order valence-corrected chi connectivity index (χ3v) is 5.94. The van der Waals surface area contributed by atoms with Gasteiger partial charge >= 0.3 is 5.97 Å². The maximum atomic E-state index is 12.3. The molecule has 0 spiro atoms. The van der Waals surface area contributed by atoms with Crippen molar-refractivity contribution in [3.05, 3.63) is 82.9 Å². The minimum atomic E-state index is -0.948. The third kappa shape index (κ3) is 3.98. The summed E-state index contributed by atoms with van der Waals surface area (Å²) in [7, 11) is 1.58. The van der Waals surface area contributed by atoms with Crippen LogP contribution in [0.25, 0.3) is 11.1 Å². The van der Waals surface area contributed by atoms with E-state index in [1.807, 2.05) is 67.6 Å². The van der Waals surface area contributed by atoms with Gasteiger partial charge in [0.1, 0.15) is 18.2 Å². The number of hydrogen-bond acceptors (Lipinski definition) is 6. The van der Waals surface area contributed by atoms with Gasteiger partial charge in [0.2, 0.25) is 0 Å². The molecule has 1 aliphatic rings. The molecule has 0 saturated heterocycles. The van der Waals surface area contributed by atoms with Gasteiger partial charge in [0.15, 0.2) is 17.1 Å². The summed E-state index contributed by atoms with van der Waals surface area (Å²) in [4.78, 5) is 18.6. The van der Waals surface area contributed by atoms with Crippen LogP contribution >= 0.6 is 0 Å². The lowest BCUT2D eigenvalue weighted by molar-refractivity contribution is -0.138. The van der Waals surface area contributed by atoms with Gasteiger partial charge < -0.3 is 23.9 Å². The Kier molecular flexibility index (Phi) is 5.38. The maximum Gasteiger partial charge on any atom is 0.326 e. The normalized spacial score (nSPS) is 15.3. The van der Waals surface area contributed by atoms with Gasteiger partial charge in [0.25, 0.3) is 6.01 Å². The highest BCUT2D eigenvalue weighted by molar-refractivity contribution is 5.81. The molecule has 0 radical (unpaired) electrons. The van der Waals surface area contributed by atoms with Crippen molar-refractivity contribution in [1.82, 2.24) is 4.98 Å². The van der Waals surface area contributed by atoms with Gasteiger partial charge in [-0.25, -0.2) is 4.79 Å². The fourth-order valence-electron chi connectivity index (χ4n) is 4.23. The largest absolute Gasteiger partial charge is 0.493 e. The Morgan fingerprint density at radius 3 is 2.76 bits per heavy atom. The lowest BCUT2D eigenvalue weighted by atomic mass is 9.93. The van der Waals surface area contributed by atoms with Crippen molar-refractivity contribution in [3.63, 3.8) is 0 Å². The molecule has 1 atom stereocenters. The predicted molar refractivity (Wildman–Crippen MR) is 124 cm³/mol. The molecule has 0 fully saturated rings. The number of ether oxygens (including phenoxy) is 2. The number of fused-ring (bicyclic) bond motifs is 2. The molecule has 0 amide bonds. The first-order valence-corrected chi connectivity index (χ1v) is 10.8. The van der Waals surface area contributed by atoms with Crippen molar-refractivity contribution in [3.8, 4) is 11.5 Å². The molecule has 0 bridgehead atoms. The first-order chi connectivity index (χ1) is 16.0. The van der Waals surface area contributed by atoms with Crippen molar-refractivity contribution in [1.29, 1.82) is 0 Å². The highest BCUT2D eigenvalue weighted by atomic mass is 16.5. The van der Waals surface area contributed by atoms with E-state index in [9.17, 15) is 9.90 Å². The molecule has 1 N–H and O–H groups in total. The fraction of sp³-hybridized carbons (Fsp3) is 0.231. The molecule has 3 aromatic carbocycles. The Morgan fingerprint density at radius 2 is 2.00 bits per heavy atom. The van der Waals surface area contributed by atoms with Crippen LogP contribution < -0.4 is 14.4 Å². The molecule has 7 heteroatoms. The third-order valence-electron chi connectivity index (χ3n) is 5.94. The molecule has 1 aliphatic heterocycles. The standard InChI is InChI=1S/C26H24N2O5/c1-16-8-10-22-20(12-16)27-26(33-22)28-14-18-9-11-23(31-2)24(19(18)13-21(28)25(29)30)32-15-17-6-4-3-5-7-17/h3-12,21H,13-15H2,1-2H3,(H,29,30). The number of aryl methyl sites for hydroxylation is 1. The van der Waals surface area contributed by atoms with Crippen LogP contribution in [0.4, 0.5) is 6.01 Å². The number of carboxylic acid groups (broad SMARTS) is 1. The maximum absolute atomic E-state index is 12.3. The zero-order valence-electron chi connectivity index (χ0n) is 18.4. The zero-order valence-corrected chi connectivity index (χ0v) is 18.4. The van der Waals surface area contributed by atoms with E-state index in [0.29, 0.717) is 41.8 Å². The van der Waals surface area contributed by atoms with Gasteiger partial charge in [0.05, 0.1) is 7.11 Å². The minimum Gasteiger partial charge on any atom is -0.493 e. The summed E-state index contributed by atoms with van der Waals surface area (Å²) < 4.78 is 17.6. The number of aliphatic carboxylic acids is 1. The number of aromatic nitrogens is 1. The Morgan fingerprint density at radius 1 is 1.18 bits per heavy atom. The Bertz CT molecular complexity index is 1320. The summed E-state index contributed by atoms with van der Waals surface area (Å²) in [6.07, 6.45) is 0.240. The van der Waals surface area contributed by atoms with Crippen molar-refractivity contribution in [2.75, 3.05) is 12.0 Å². The lowest BCUT2D eigenvalue weighted by Crippen LogP contribution is -2.46. The van der Waals surface area contributed by atoms with Gasteiger partial charge in [-0.3, -0.25) is 0 Å². The number of nitrogens with zero attached hydrogens (tertiary/aromatic N) is 2. The van der Waals surface area contributed by atoms with Crippen LogP contribution in [-0.4, -0.2) is 29.2 Å². The van der Waals surface area contributed by atoms with Gasteiger partial charge in [-0.05, 0) is 41.8 Å². The second-order valence-corrected chi connectivity index (χ2v) is 8.16. The molecule has 33 heavy (non-hydrogen) atoms. The number of rotatable bonds is 6. The van der Waals surface area contributed by atoms with E-state index in [4.69, 9.17) is 13.9 Å². The molecule has 168 valence electrons. The Labute approximate surface area is 191 Å². The SMILES string of the molecule is COc1ccc2c(c1OCc1ccccc1)CC(C(=O)O)N(c1nc3cc(C)ccc3o1)C2. The molecule has 2 heterocycles. The van der Waals surface area contributed by atoms with E-state index >= 15 is 0 Å². The van der Waals surface area contributed by atoms with Gasteiger partial charge in [-0.15, -0.1) is 0 Å². The van der Waals surface area contributed by atoms with Crippen LogP contribution in [0, 0.1) is 6.92 Å². The second-order valence-electron chi connectivity index (χ2n) is 8.16. The molecule has 0 aliphatic carbocycles. The number of carbonyl (C=O) groups is 1. The van der Waals surface area contributed by atoms with Gasteiger partial charge in [-0.2, -0.15) is 4.98 Å². The van der Waals surface area contributed by atoms with Crippen LogP contribution in [0.3, 0.4) is 0 Å². The summed E-state index contributed by atoms with van der Waals surface area (Å²) in [5.41, 5.74) is 5.21. The smallest absolute Gasteiger partial charge is 0.326 e. The number of carboxylic acids is 1. The van der Waals surface area contributed by atoms with E-state index in [2.05, 4.69) is 4.98 Å². The predicted octanol–water partition coefficient (Wildman–Crippen LogP) is 4.74. The summed E-state index contributed by atoms with van der Waals surface area (Å²) in [6, 6.07) is 18.8. The van der Waals surface area contributed by atoms with Gasteiger partial charge in [-0.1, -0.05) is 42.5 Å². The highest BCUT2D eigenvalue weighted by Gasteiger charge is 2.36. The fourth-order valence-corrected chi connectivity index (χ4v) is 4.23. The molecule has 1 aromatic heterocycles. The number of methoxy groups -OCH3 is 1. The van der Waals surface area contributed by atoms with Crippen LogP contribution in [0.1, 0.15) is 22.3 Å². The monoisotopic (exact) mass is 444 g/mol. The van der Waals surface area contributed by atoms with Crippen molar-refractivity contribution < 1.29 is 23.8 Å². The quantitative estimate of drug-likeness (QED) is 0.460. The lowest BCUT2D eigenvalue weighted by Gasteiger charge is -2.34. The second kappa shape index (κ2) is 8.50. The molecule has 0 saturated carbocycles. The first kappa shape index (κ1) is 20.9. The summed E-state index contributed by atoms with van der Waals surface area (Å²) in [6.45, 7) is 2.68. The topological polar surface area (TPSA) is 85.0 Å². The van der Waals surface area contributed by atoms with E-state index in [1.165, 1.54) is 0 Å². The number of benzene rings is 3. The summed E-state index contributed by atoms with van der Waals surface area (Å²) >= 11 is 0. The van der Waals surface area contributed by atoms with Crippen LogP contribution in [0.5, 0.6) is 11.5 Å². The van der Waals surface area contributed by atoms with Gasteiger partial charge in [0, 0.05) is 18.5 Å². The average molecular weight is 444 g/mol. The molecule has 7 nitrogen and oxygen atoms in total. The van der Waals surface area contributed by atoms with E-state index in [1.54, 1.807) is 12.0 Å². The Hall–Kier alpha value is -4.00. The van der Waals surface area contributed by atoms with E-state index < -0.39 is 12.0 Å². The summed E-state index contributed by atoms with van der Waals surface area (Å²) in [5, 5.41) is 10.1. The highest BCUT2D eigenvalue weighted by Crippen LogP contribution is 2.40. The number of anilines is 1. The van der Waals surface area contributed by atoms with Crippen LogP contribution in [0.2, 0.25) is 0 Å². The molecular formula is C26H24N2O5. The van der Waals surface area contributed by atoms with Crippen LogP contribution in [-0.2, 0) is 24.4 Å². The molecule has 1 unspecified atom stereocenters. The van der Waals surface area contributed by atoms with Crippen molar-refractivity contribution in [2.45, 2.75) is 32.5 Å². The van der Waals surface area contributed by atoms with E-state index in [0.717, 1.165) is 22.3 Å². The molecule has 5 rings (SSSR count). The van der Waals surface area contributed by atoms with E-state index in [-0.39, 0.29) is 6.42 Å². The summed E-state index contributed by atoms with van der Waals surface area (Å²) in [5.74, 6) is 0.216. The minimum absolute atomic E-state index is 0.240. The van der Waals surface area contributed by atoms with Crippen molar-refractivity contribution >= 4 is 23.1 Å². The number of hydrogen-bond donors (Lipinski definition) is 1. The molecule has 4 aromatic rings. The first-order valence-electron chi connectivity index (χ1n) is 10.8.